The Bertz CT molecular complexity index is 850. The number of hydrogen-bond donors (Lipinski definition) is 0. The largest absolute Gasteiger partial charge is 0.465 e. The molecule has 1 saturated carbocycles. The van der Waals surface area contributed by atoms with Crippen LogP contribution in [0.25, 0.3) is 11.3 Å². The summed E-state index contributed by atoms with van der Waals surface area (Å²) in [6, 6.07) is 2.63. The summed E-state index contributed by atoms with van der Waals surface area (Å²) in [4.78, 5) is 34.2. The zero-order chi connectivity index (χ0) is 17.4. The van der Waals surface area contributed by atoms with Gasteiger partial charge < -0.3 is 9.26 Å². The summed E-state index contributed by atoms with van der Waals surface area (Å²) in [5.41, 5.74) is 0.770. The lowest BCUT2D eigenvalue weighted by atomic mass is 9.97. The van der Waals surface area contributed by atoms with Crippen molar-refractivity contribution in [1.82, 2.24) is 5.16 Å². The molecule has 1 heterocycles. The Labute approximate surface area is 136 Å². The van der Waals surface area contributed by atoms with Crippen molar-refractivity contribution in [2.45, 2.75) is 25.7 Å². The fourth-order valence-electron chi connectivity index (χ4n) is 2.63. The van der Waals surface area contributed by atoms with Gasteiger partial charge in [-0.25, -0.2) is 4.79 Å². The normalized spacial score (nSPS) is 13.6. The predicted molar refractivity (Wildman–Crippen MR) is 82.0 cm³/mol. The van der Waals surface area contributed by atoms with Crippen molar-refractivity contribution in [2.75, 3.05) is 7.11 Å². The molecule has 0 amide bonds. The average molecular weight is 330 g/mol. The first-order valence-corrected chi connectivity index (χ1v) is 7.30. The number of nitro groups is 1. The molecule has 1 aromatic carbocycles. The summed E-state index contributed by atoms with van der Waals surface area (Å²) in [6.45, 7) is 1.54. The van der Waals surface area contributed by atoms with Gasteiger partial charge >= 0.3 is 5.97 Å². The van der Waals surface area contributed by atoms with Crippen molar-refractivity contribution in [1.29, 1.82) is 0 Å². The van der Waals surface area contributed by atoms with Gasteiger partial charge in [-0.2, -0.15) is 0 Å². The second-order valence-electron chi connectivity index (χ2n) is 5.64. The summed E-state index contributed by atoms with van der Waals surface area (Å²) >= 11 is 0. The van der Waals surface area contributed by atoms with Crippen LogP contribution in [0.2, 0.25) is 0 Å². The molecule has 1 fully saturated rings. The van der Waals surface area contributed by atoms with Crippen molar-refractivity contribution in [3.05, 3.63) is 44.7 Å². The third-order valence-corrected chi connectivity index (χ3v) is 4.00. The molecule has 0 aliphatic heterocycles. The molecule has 24 heavy (non-hydrogen) atoms. The second-order valence-corrected chi connectivity index (χ2v) is 5.64. The number of aldehydes is 1. The Morgan fingerprint density at radius 2 is 2.17 bits per heavy atom. The Morgan fingerprint density at radius 3 is 2.71 bits per heavy atom. The van der Waals surface area contributed by atoms with Gasteiger partial charge in [-0.1, -0.05) is 5.16 Å². The highest BCUT2D eigenvalue weighted by atomic mass is 16.6. The van der Waals surface area contributed by atoms with Crippen molar-refractivity contribution < 1.29 is 23.8 Å². The average Bonchev–Trinajstić information content (AvgIpc) is 3.32. The molecule has 1 aromatic heterocycles. The molecule has 8 heteroatoms. The SMILES string of the molecule is COC(=O)c1c(-c2cc([N+](=O)[O-])c(C)cc2C=O)noc1C1CC1. The molecule has 0 radical (unpaired) electrons. The number of methoxy groups -OCH3 is 1. The van der Waals surface area contributed by atoms with E-state index in [2.05, 4.69) is 5.16 Å². The number of carbonyl (C=O) groups excluding carboxylic acids is 2. The van der Waals surface area contributed by atoms with Crippen molar-refractivity contribution >= 4 is 17.9 Å². The van der Waals surface area contributed by atoms with Gasteiger partial charge in [0, 0.05) is 28.7 Å². The zero-order valence-electron chi connectivity index (χ0n) is 13.1. The van der Waals surface area contributed by atoms with E-state index in [9.17, 15) is 19.7 Å². The summed E-state index contributed by atoms with van der Waals surface area (Å²) in [5, 5.41) is 15.1. The van der Waals surface area contributed by atoms with E-state index in [1.807, 2.05) is 0 Å². The van der Waals surface area contributed by atoms with Crippen LogP contribution in [-0.2, 0) is 4.74 Å². The van der Waals surface area contributed by atoms with E-state index in [1.54, 1.807) is 0 Å². The minimum absolute atomic E-state index is 0.0838. The molecular formula is C16H14N2O6. The van der Waals surface area contributed by atoms with Gasteiger partial charge in [0.05, 0.1) is 12.0 Å². The Morgan fingerprint density at radius 1 is 1.46 bits per heavy atom. The molecule has 0 atom stereocenters. The highest BCUT2D eigenvalue weighted by Crippen LogP contribution is 2.44. The van der Waals surface area contributed by atoms with E-state index in [4.69, 9.17) is 9.26 Å². The van der Waals surface area contributed by atoms with E-state index < -0.39 is 10.9 Å². The number of carbonyl (C=O) groups is 2. The molecule has 3 rings (SSSR count). The maximum Gasteiger partial charge on any atom is 0.343 e. The molecule has 2 aromatic rings. The van der Waals surface area contributed by atoms with Gasteiger partial charge in [-0.3, -0.25) is 14.9 Å². The van der Waals surface area contributed by atoms with E-state index >= 15 is 0 Å². The van der Waals surface area contributed by atoms with Gasteiger partial charge in [0.2, 0.25) is 0 Å². The van der Waals surface area contributed by atoms with Gasteiger partial charge in [-0.05, 0) is 25.8 Å². The number of nitrogens with zero attached hydrogens (tertiary/aromatic N) is 2. The second kappa shape index (κ2) is 5.88. The fraction of sp³-hybridized carbons (Fsp3) is 0.312. The van der Waals surface area contributed by atoms with Crippen molar-refractivity contribution in [3.8, 4) is 11.3 Å². The van der Waals surface area contributed by atoms with E-state index in [0.717, 1.165) is 12.8 Å². The summed E-state index contributed by atoms with van der Waals surface area (Å²) in [7, 11) is 1.23. The lowest BCUT2D eigenvalue weighted by Crippen LogP contribution is -2.06. The summed E-state index contributed by atoms with van der Waals surface area (Å²) in [6.07, 6.45) is 2.30. The number of aromatic nitrogens is 1. The van der Waals surface area contributed by atoms with Crippen LogP contribution in [0.5, 0.6) is 0 Å². The number of ether oxygens (including phenoxy) is 1. The van der Waals surface area contributed by atoms with Crippen LogP contribution >= 0.6 is 0 Å². The first-order valence-electron chi connectivity index (χ1n) is 7.30. The number of rotatable bonds is 5. The monoisotopic (exact) mass is 330 g/mol. The van der Waals surface area contributed by atoms with E-state index in [0.29, 0.717) is 17.6 Å². The molecule has 0 bridgehead atoms. The number of esters is 1. The Hall–Kier alpha value is -3.03. The van der Waals surface area contributed by atoms with Crippen LogP contribution in [0.4, 0.5) is 5.69 Å². The van der Waals surface area contributed by atoms with Gasteiger partial charge in [-0.15, -0.1) is 0 Å². The minimum Gasteiger partial charge on any atom is -0.465 e. The smallest absolute Gasteiger partial charge is 0.343 e. The molecule has 124 valence electrons. The summed E-state index contributed by atoms with van der Waals surface area (Å²) in [5.74, 6) is -0.161. The van der Waals surface area contributed by atoms with Gasteiger partial charge in [0.15, 0.2) is 12.0 Å². The maximum atomic E-state index is 12.2. The summed E-state index contributed by atoms with van der Waals surface area (Å²) < 4.78 is 10.1. The molecule has 0 spiro atoms. The van der Waals surface area contributed by atoms with Crippen molar-refractivity contribution in [2.24, 2.45) is 0 Å². The molecular weight excluding hydrogens is 316 g/mol. The van der Waals surface area contributed by atoms with Crippen LogP contribution in [0.15, 0.2) is 16.7 Å². The third-order valence-electron chi connectivity index (χ3n) is 4.00. The predicted octanol–water partition coefficient (Wildman–Crippen LogP) is 3.03. The Balaban J connectivity index is 2.25. The highest BCUT2D eigenvalue weighted by Gasteiger charge is 2.36. The lowest BCUT2D eigenvalue weighted by molar-refractivity contribution is -0.385. The third kappa shape index (κ3) is 2.55. The fourth-order valence-corrected chi connectivity index (χ4v) is 2.63. The van der Waals surface area contributed by atoms with Crippen molar-refractivity contribution in [3.63, 3.8) is 0 Å². The lowest BCUT2D eigenvalue weighted by Gasteiger charge is -2.06. The first-order chi connectivity index (χ1) is 11.5. The number of nitro benzene ring substituents is 1. The Kier molecular flexibility index (Phi) is 3.88. The minimum atomic E-state index is -0.645. The standard InChI is InChI=1S/C16H14N2O6/c1-8-5-10(7-19)11(6-12(8)18(21)22)14-13(16(20)23-2)15(24-17-14)9-3-4-9/h5-7,9H,3-4H2,1-2H3. The van der Waals surface area contributed by atoms with Crippen LogP contribution in [-0.4, -0.2) is 29.4 Å². The molecule has 1 aliphatic rings. The van der Waals surface area contributed by atoms with Gasteiger partial charge in [0.1, 0.15) is 11.3 Å². The molecule has 0 N–H and O–H groups in total. The van der Waals surface area contributed by atoms with E-state index in [-0.39, 0.29) is 34.0 Å². The van der Waals surface area contributed by atoms with Crippen LogP contribution in [0.3, 0.4) is 0 Å². The topological polar surface area (TPSA) is 113 Å². The van der Waals surface area contributed by atoms with E-state index in [1.165, 1.54) is 26.2 Å². The molecule has 0 saturated heterocycles. The quantitative estimate of drug-likeness (QED) is 0.358. The zero-order valence-corrected chi connectivity index (χ0v) is 13.1. The van der Waals surface area contributed by atoms with Crippen LogP contribution in [0, 0.1) is 17.0 Å². The maximum absolute atomic E-state index is 12.2. The van der Waals surface area contributed by atoms with Gasteiger partial charge in [0.25, 0.3) is 5.69 Å². The van der Waals surface area contributed by atoms with Crippen LogP contribution < -0.4 is 0 Å². The highest BCUT2D eigenvalue weighted by molar-refractivity contribution is 6.00. The number of aryl methyl sites for hydroxylation is 1. The number of hydrogen-bond acceptors (Lipinski definition) is 7. The first kappa shape index (κ1) is 15.9. The molecule has 0 unspecified atom stereocenters. The molecule has 1 aliphatic carbocycles. The molecule has 8 nitrogen and oxygen atoms in total. The number of benzene rings is 1. The van der Waals surface area contributed by atoms with Crippen LogP contribution in [0.1, 0.15) is 50.8 Å².